The van der Waals surface area contributed by atoms with E-state index in [0.29, 0.717) is 6.54 Å². The first-order chi connectivity index (χ1) is 6.56. The first-order valence-corrected chi connectivity index (χ1v) is 4.58. The lowest BCUT2D eigenvalue weighted by molar-refractivity contribution is -0.119. The van der Waals surface area contributed by atoms with Gasteiger partial charge in [0.15, 0.2) is 0 Å². The van der Waals surface area contributed by atoms with Crippen molar-refractivity contribution in [1.82, 2.24) is 10.2 Å². The second kappa shape index (κ2) is 4.23. The summed E-state index contributed by atoms with van der Waals surface area (Å²) in [5, 5.41) is 9.58. The minimum absolute atomic E-state index is 0.0694. The van der Waals surface area contributed by atoms with E-state index in [1.165, 1.54) is 0 Å². The van der Waals surface area contributed by atoms with Crippen LogP contribution in [0.5, 0.6) is 0 Å². The number of nitrogens with two attached hydrogens (primary N) is 1. The fourth-order valence-electron chi connectivity index (χ4n) is 1.09. The summed E-state index contributed by atoms with van der Waals surface area (Å²) in [5.41, 5.74) is 7.81. The van der Waals surface area contributed by atoms with Crippen LogP contribution in [0.4, 0.5) is 5.69 Å². The summed E-state index contributed by atoms with van der Waals surface area (Å²) in [7, 11) is 0. The number of H-pyrrole nitrogens is 1. The van der Waals surface area contributed by atoms with Crippen molar-refractivity contribution in [3.63, 3.8) is 0 Å². The van der Waals surface area contributed by atoms with Crippen LogP contribution in [0.25, 0.3) is 0 Å². The number of nitrogens with zero attached hydrogens (tertiary/aromatic N) is 1. The van der Waals surface area contributed by atoms with Gasteiger partial charge in [-0.3, -0.25) is 9.89 Å². The number of hydrogen-bond acceptors (Lipinski definition) is 3. The monoisotopic (exact) mass is 196 g/mol. The number of carbonyl (C=O) groups excluding carboxylic acids is 1. The molecule has 5 heteroatoms. The third-order valence-corrected chi connectivity index (χ3v) is 2.18. The molecule has 0 aliphatic carbocycles. The van der Waals surface area contributed by atoms with Crippen LogP contribution in [0.2, 0.25) is 0 Å². The van der Waals surface area contributed by atoms with E-state index >= 15 is 0 Å². The number of aryl methyl sites for hydroxylation is 2. The summed E-state index contributed by atoms with van der Waals surface area (Å²) in [6, 6.07) is 0. The summed E-state index contributed by atoms with van der Waals surface area (Å²) in [4.78, 5) is 11.5. The average molecular weight is 196 g/mol. The van der Waals surface area contributed by atoms with E-state index in [-0.39, 0.29) is 11.8 Å². The molecule has 1 aromatic rings. The highest BCUT2D eigenvalue weighted by Gasteiger charge is 2.14. The van der Waals surface area contributed by atoms with Crippen molar-refractivity contribution >= 4 is 11.6 Å². The summed E-state index contributed by atoms with van der Waals surface area (Å²) in [5.74, 6) is -0.246. The molecule has 1 heterocycles. The molecule has 0 saturated carbocycles. The number of aromatic amines is 1. The molecule has 0 unspecified atom stereocenters. The largest absolute Gasteiger partial charge is 0.330 e. The SMILES string of the molecule is Cc1n[nH]c(C)c1NC(=O)[C@@H](C)CN. The van der Waals surface area contributed by atoms with Crippen LogP contribution in [-0.2, 0) is 4.79 Å². The molecular weight excluding hydrogens is 180 g/mol. The molecule has 1 rings (SSSR count). The van der Waals surface area contributed by atoms with Gasteiger partial charge >= 0.3 is 0 Å². The smallest absolute Gasteiger partial charge is 0.228 e. The highest BCUT2D eigenvalue weighted by Crippen LogP contribution is 2.16. The van der Waals surface area contributed by atoms with Gasteiger partial charge in [-0.25, -0.2) is 0 Å². The minimum Gasteiger partial charge on any atom is -0.330 e. The van der Waals surface area contributed by atoms with Gasteiger partial charge in [0.1, 0.15) is 0 Å². The van der Waals surface area contributed by atoms with Gasteiger partial charge < -0.3 is 11.1 Å². The van der Waals surface area contributed by atoms with Crippen molar-refractivity contribution in [1.29, 1.82) is 0 Å². The van der Waals surface area contributed by atoms with Gasteiger partial charge in [-0.05, 0) is 13.8 Å². The Labute approximate surface area is 83.1 Å². The van der Waals surface area contributed by atoms with E-state index < -0.39 is 0 Å². The summed E-state index contributed by atoms with van der Waals surface area (Å²) >= 11 is 0. The predicted molar refractivity (Wildman–Crippen MR) is 54.9 cm³/mol. The van der Waals surface area contributed by atoms with Gasteiger partial charge in [-0.2, -0.15) is 5.10 Å². The standard InChI is InChI=1S/C9H16N4O/c1-5(4-10)9(14)11-8-6(2)12-13-7(8)3/h5H,4,10H2,1-3H3,(H,11,14)(H,12,13)/t5-/m0/s1. The second-order valence-electron chi connectivity index (χ2n) is 3.44. The van der Waals surface area contributed by atoms with Crippen LogP contribution in [0.3, 0.4) is 0 Å². The molecule has 1 aromatic heterocycles. The Bertz CT molecular complexity index is 312. The zero-order chi connectivity index (χ0) is 10.7. The van der Waals surface area contributed by atoms with Crippen LogP contribution in [0.15, 0.2) is 0 Å². The molecule has 5 nitrogen and oxygen atoms in total. The zero-order valence-corrected chi connectivity index (χ0v) is 8.72. The molecule has 0 aliphatic rings. The van der Waals surface area contributed by atoms with E-state index in [1.54, 1.807) is 6.92 Å². The Hall–Kier alpha value is -1.36. The van der Waals surface area contributed by atoms with E-state index in [4.69, 9.17) is 5.73 Å². The maximum absolute atomic E-state index is 11.5. The first-order valence-electron chi connectivity index (χ1n) is 4.58. The van der Waals surface area contributed by atoms with Crippen LogP contribution in [0, 0.1) is 19.8 Å². The van der Waals surface area contributed by atoms with Crippen molar-refractivity contribution in [2.24, 2.45) is 11.7 Å². The molecular formula is C9H16N4O. The molecule has 4 N–H and O–H groups in total. The highest BCUT2D eigenvalue weighted by atomic mass is 16.1. The van der Waals surface area contributed by atoms with Crippen LogP contribution < -0.4 is 11.1 Å². The Morgan fingerprint density at radius 2 is 2.29 bits per heavy atom. The maximum Gasteiger partial charge on any atom is 0.228 e. The molecule has 0 spiro atoms. The lowest BCUT2D eigenvalue weighted by atomic mass is 10.1. The topological polar surface area (TPSA) is 83.8 Å². The Kier molecular flexibility index (Phi) is 3.24. The molecule has 1 atom stereocenters. The van der Waals surface area contributed by atoms with E-state index in [0.717, 1.165) is 17.1 Å². The quantitative estimate of drug-likeness (QED) is 0.660. The van der Waals surface area contributed by atoms with Gasteiger partial charge in [0, 0.05) is 12.5 Å². The summed E-state index contributed by atoms with van der Waals surface area (Å²) in [6.45, 7) is 5.84. The summed E-state index contributed by atoms with van der Waals surface area (Å²) < 4.78 is 0. The van der Waals surface area contributed by atoms with Crippen molar-refractivity contribution in [3.8, 4) is 0 Å². The van der Waals surface area contributed by atoms with E-state index in [2.05, 4.69) is 15.5 Å². The van der Waals surface area contributed by atoms with Gasteiger partial charge in [0.05, 0.1) is 17.1 Å². The van der Waals surface area contributed by atoms with Gasteiger partial charge in [-0.1, -0.05) is 6.92 Å². The molecule has 14 heavy (non-hydrogen) atoms. The maximum atomic E-state index is 11.5. The first kappa shape index (κ1) is 10.7. The van der Waals surface area contributed by atoms with Crippen molar-refractivity contribution in [3.05, 3.63) is 11.4 Å². The van der Waals surface area contributed by atoms with E-state index in [1.807, 2.05) is 13.8 Å². The van der Waals surface area contributed by atoms with Crippen LogP contribution in [-0.4, -0.2) is 22.6 Å². The van der Waals surface area contributed by atoms with Crippen molar-refractivity contribution in [2.45, 2.75) is 20.8 Å². The van der Waals surface area contributed by atoms with Gasteiger partial charge in [0.2, 0.25) is 5.91 Å². The zero-order valence-electron chi connectivity index (χ0n) is 8.72. The molecule has 0 aliphatic heterocycles. The molecule has 0 fully saturated rings. The van der Waals surface area contributed by atoms with Crippen LogP contribution >= 0.6 is 0 Å². The third-order valence-electron chi connectivity index (χ3n) is 2.18. The summed E-state index contributed by atoms with van der Waals surface area (Å²) in [6.07, 6.45) is 0. The molecule has 0 aromatic carbocycles. The van der Waals surface area contributed by atoms with Crippen molar-refractivity contribution < 1.29 is 4.79 Å². The lowest BCUT2D eigenvalue weighted by Gasteiger charge is -2.09. The number of carbonyl (C=O) groups is 1. The molecule has 1 amide bonds. The minimum atomic E-state index is -0.177. The highest BCUT2D eigenvalue weighted by molar-refractivity contribution is 5.93. The molecule has 0 bridgehead atoms. The number of amides is 1. The fraction of sp³-hybridized carbons (Fsp3) is 0.556. The average Bonchev–Trinajstić information content (AvgIpc) is 2.48. The molecule has 78 valence electrons. The number of rotatable bonds is 3. The van der Waals surface area contributed by atoms with E-state index in [9.17, 15) is 4.79 Å². The Morgan fingerprint density at radius 3 is 2.71 bits per heavy atom. The lowest BCUT2D eigenvalue weighted by Crippen LogP contribution is -2.27. The Morgan fingerprint density at radius 1 is 1.64 bits per heavy atom. The number of anilines is 1. The predicted octanol–water partition coefficient (Wildman–Crippen LogP) is 0.560. The molecule has 0 saturated heterocycles. The second-order valence-corrected chi connectivity index (χ2v) is 3.44. The fourth-order valence-corrected chi connectivity index (χ4v) is 1.09. The third kappa shape index (κ3) is 2.11. The normalized spacial score (nSPS) is 12.6. The number of aromatic nitrogens is 2. The van der Waals surface area contributed by atoms with Gasteiger partial charge in [0.25, 0.3) is 0 Å². The van der Waals surface area contributed by atoms with Crippen LogP contribution in [0.1, 0.15) is 18.3 Å². The Balaban J connectivity index is 2.74. The molecule has 0 radical (unpaired) electrons. The number of nitrogens with one attached hydrogen (secondary N) is 2. The number of hydrogen-bond donors (Lipinski definition) is 3. The van der Waals surface area contributed by atoms with Crippen molar-refractivity contribution in [2.75, 3.05) is 11.9 Å². The van der Waals surface area contributed by atoms with Gasteiger partial charge in [-0.15, -0.1) is 0 Å².